The Labute approximate surface area is 107 Å². The summed E-state index contributed by atoms with van der Waals surface area (Å²) in [6.45, 7) is 1.70. The third kappa shape index (κ3) is 1.55. The Morgan fingerprint density at radius 2 is 2.00 bits per heavy atom. The lowest BCUT2D eigenvalue weighted by molar-refractivity contribution is 0.0691. The van der Waals surface area contributed by atoms with Crippen molar-refractivity contribution >= 4 is 28.5 Å². The fourth-order valence-electron chi connectivity index (χ4n) is 2.00. The highest BCUT2D eigenvalue weighted by atomic mass is 35.5. The topological polar surface area (TPSA) is 79.5 Å². The van der Waals surface area contributed by atoms with Gasteiger partial charge in [0.15, 0.2) is 5.56 Å². The van der Waals surface area contributed by atoms with Gasteiger partial charge in [-0.2, -0.15) is 0 Å². The number of carboxylic acid groups (broad SMARTS) is 1. The van der Waals surface area contributed by atoms with E-state index >= 15 is 0 Å². The molecule has 0 saturated carbocycles. The van der Waals surface area contributed by atoms with Gasteiger partial charge in [-0.25, -0.2) is 4.79 Å². The van der Waals surface area contributed by atoms with Crippen molar-refractivity contribution in [3.8, 4) is 5.75 Å². The van der Waals surface area contributed by atoms with Crippen LogP contribution in [0.25, 0.3) is 10.9 Å². The normalized spacial score (nSPS) is 10.8. The molecule has 6 heteroatoms. The van der Waals surface area contributed by atoms with Crippen LogP contribution in [0.15, 0.2) is 16.9 Å². The van der Waals surface area contributed by atoms with E-state index in [0.717, 1.165) is 0 Å². The van der Waals surface area contributed by atoms with Gasteiger partial charge in [-0.1, -0.05) is 11.6 Å². The van der Waals surface area contributed by atoms with Crippen LogP contribution in [0.5, 0.6) is 5.75 Å². The molecular weight excluding hydrogens is 258 g/mol. The summed E-state index contributed by atoms with van der Waals surface area (Å²) in [5.74, 6) is -1.98. The minimum Gasteiger partial charge on any atom is -0.506 e. The van der Waals surface area contributed by atoms with E-state index in [4.69, 9.17) is 16.7 Å². The standard InChI is InChI=1S/C12H10ClNO4/c1-5-7(13)4-3-6-9(5)14(2)11(16)8(10(6)15)12(17)18/h3-4,15H,1-2H3,(H,17,18). The summed E-state index contributed by atoms with van der Waals surface area (Å²) < 4.78 is 1.18. The summed E-state index contributed by atoms with van der Waals surface area (Å²) in [6, 6.07) is 3.04. The second-order valence-electron chi connectivity index (χ2n) is 3.96. The molecule has 0 atom stereocenters. The van der Waals surface area contributed by atoms with Crippen molar-refractivity contribution in [2.45, 2.75) is 6.92 Å². The van der Waals surface area contributed by atoms with Crippen molar-refractivity contribution in [1.82, 2.24) is 4.57 Å². The number of hydrogen-bond acceptors (Lipinski definition) is 3. The van der Waals surface area contributed by atoms with Crippen molar-refractivity contribution < 1.29 is 15.0 Å². The first-order valence-electron chi connectivity index (χ1n) is 5.10. The Kier molecular flexibility index (Phi) is 2.78. The highest BCUT2D eigenvalue weighted by Crippen LogP contribution is 2.31. The second-order valence-corrected chi connectivity index (χ2v) is 4.37. The number of nitrogens with zero attached hydrogens (tertiary/aromatic N) is 1. The lowest BCUT2D eigenvalue weighted by Crippen LogP contribution is -2.25. The van der Waals surface area contributed by atoms with Crippen molar-refractivity contribution in [1.29, 1.82) is 0 Å². The molecule has 18 heavy (non-hydrogen) atoms. The zero-order valence-electron chi connectivity index (χ0n) is 9.69. The molecule has 0 bridgehead atoms. The van der Waals surface area contributed by atoms with Crippen molar-refractivity contribution in [2.75, 3.05) is 0 Å². The van der Waals surface area contributed by atoms with E-state index in [-0.39, 0.29) is 5.39 Å². The van der Waals surface area contributed by atoms with Gasteiger partial charge in [0, 0.05) is 17.5 Å². The Morgan fingerprint density at radius 1 is 1.39 bits per heavy atom. The van der Waals surface area contributed by atoms with E-state index in [1.54, 1.807) is 13.0 Å². The maximum atomic E-state index is 11.9. The van der Waals surface area contributed by atoms with Crippen LogP contribution in [-0.2, 0) is 7.05 Å². The molecule has 0 radical (unpaired) electrons. The maximum Gasteiger partial charge on any atom is 0.345 e. The molecule has 0 spiro atoms. The highest BCUT2D eigenvalue weighted by molar-refractivity contribution is 6.32. The number of fused-ring (bicyclic) bond motifs is 1. The van der Waals surface area contributed by atoms with E-state index in [9.17, 15) is 14.7 Å². The van der Waals surface area contributed by atoms with Gasteiger partial charge in [0.2, 0.25) is 0 Å². The van der Waals surface area contributed by atoms with Gasteiger partial charge >= 0.3 is 5.97 Å². The molecule has 0 amide bonds. The molecule has 1 heterocycles. The van der Waals surface area contributed by atoms with Gasteiger partial charge in [-0.05, 0) is 24.6 Å². The number of pyridine rings is 1. The monoisotopic (exact) mass is 267 g/mol. The molecule has 0 aliphatic rings. The van der Waals surface area contributed by atoms with Gasteiger partial charge in [0.25, 0.3) is 5.56 Å². The average Bonchev–Trinajstić information content (AvgIpc) is 2.29. The number of aromatic nitrogens is 1. The minimum atomic E-state index is -1.46. The zero-order chi connectivity index (χ0) is 13.6. The summed E-state index contributed by atoms with van der Waals surface area (Å²) in [4.78, 5) is 22.9. The molecule has 2 N–H and O–H groups in total. The molecule has 2 aromatic rings. The zero-order valence-corrected chi connectivity index (χ0v) is 10.4. The van der Waals surface area contributed by atoms with Crippen molar-refractivity contribution in [2.24, 2.45) is 7.05 Å². The van der Waals surface area contributed by atoms with Crippen LogP contribution in [-0.4, -0.2) is 20.7 Å². The van der Waals surface area contributed by atoms with Crippen LogP contribution in [0.4, 0.5) is 0 Å². The predicted octanol–water partition coefficient (Wildman–Crippen LogP) is 1.90. The molecule has 1 aromatic carbocycles. The van der Waals surface area contributed by atoms with Gasteiger partial charge < -0.3 is 14.8 Å². The first kappa shape index (κ1) is 12.4. The predicted molar refractivity (Wildman–Crippen MR) is 67.6 cm³/mol. The summed E-state index contributed by atoms with van der Waals surface area (Å²) in [7, 11) is 1.44. The van der Waals surface area contributed by atoms with E-state index in [1.807, 2.05) is 0 Å². The number of aromatic carboxylic acids is 1. The number of carboxylic acids is 1. The number of carbonyl (C=O) groups is 1. The fraction of sp³-hybridized carbons (Fsp3) is 0.167. The van der Waals surface area contributed by atoms with Crippen LogP contribution in [0.2, 0.25) is 5.02 Å². The maximum absolute atomic E-state index is 11.9. The van der Waals surface area contributed by atoms with Crippen molar-refractivity contribution in [3.63, 3.8) is 0 Å². The molecule has 5 nitrogen and oxygen atoms in total. The number of aryl methyl sites for hydroxylation is 2. The summed E-state index contributed by atoms with van der Waals surface area (Å²) in [6.07, 6.45) is 0. The average molecular weight is 268 g/mol. The quantitative estimate of drug-likeness (QED) is 0.827. The fourth-order valence-corrected chi connectivity index (χ4v) is 2.15. The third-order valence-electron chi connectivity index (χ3n) is 2.92. The Hall–Kier alpha value is -2.01. The number of halogens is 1. The van der Waals surface area contributed by atoms with Crippen LogP contribution < -0.4 is 5.56 Å². The van der Waals surface area contributed by atoms with Crippen LogP contribution in [0.1, 0.15) is 15.9 Å². The van der Waals surface area contributed by atoms with Crippen molar-refractivity contribution in [3.05, 3.63) is 38.6 Å². The van der Waals surface area contributed by atoms with Gasteiger partial charge in [-0.15, -0.1) is 0 Å². The Bertz CT molecular complexity index is 733. The van der Waals surface area contributed by atoms with Crippen LogP contribution >= 0.6 is 11.6 Å². The lowest BCUT2D eigenvalue weighted by atomic mass is 10.1. The Morgan fingerprint density at radius 3 is 2.56 bits per heavy atom. The molecule has 0 saturated heterocycles. The molecule has 1 aromatic heterocycles. The molecule has 0 unspecified atom stereocenters. The van der Waals surface area contributed by atoms with E-state index < -0.39 is 22.8 Å². The summed E-state index contributed by atoms with van der Waals surface area (Å²) in [5, 5.41) is 19.6. The van der Waals surface area contributed by atoms with E-state index in [2.05, 4.69) is 0 Å². The highest BCUT2D eigenvalue weighted by Gasteiger charge is 2.21. The number of aromatic hydroxyl groups is 1. The SMILES string of the molecule is Cc1c(Cl)ccc2c(O)c(C(=O)O)c(=O)n(C)c12. The smallest absolute Gasteiger partial charge is 0.345 e. The Balaban J connectivity index is 3.13. The summed E-state index contributed by atoms with van der Waals surface area (Å²) >= 11 is 5.95. The number of benzene rings is 1. The first-order valence-corrected chi connectivity index (χ1v) is 5.48. The van der Waals surface area contributed by atoms with E-state index in [1.165, 1.54) is 17.7 Å². The molecule has 0 fully saturated rings. The third-order valence-corrected chi connectivity index (χ3v) is 3.33. The second kappa shape index (κ2) is 4.03. The summed E-state index contributed by atoms with van der Waals surface area (Å²) in [5.41, 5.74) is -0.361. The minimum absolute atomic E-state index is 0.288. The lowest BCUT2D eigenvalue weighted by Gasteiger charge is -2.12. The molecule has 2 rings (SSSR count). The van der Waals surface area contributed by atoms with Crippen LogP contribution in [0.3, 0.4) is 0 Å². The van der Waals surface area contributed by atoms with Gasteiger partial charge in [-0.3, -0.25) is 4.79 Å². The molecule has 0 aliphatic heterocycles. The van der Waals surface area contributed by atoms with Gasteiger partial charge in [0.1, 0.15) is 5.75 Å². The van der Waals surface area contributed by atoms with Gasteiger partial charge in [0.05, 0.1) is 5.52 Å². The van der Waals surface area contributed by atoms with Crippen LogP contribution in [0, 0.1) is 6.92 Å². The largest absolute Gasteiger partial charge is 0.506 e. The number of rotatable bonds is 1. The molecule has 94 valence electrons. The number of hydrogen-bond donors (Lipinski definition) is 2. The first-order chi connectivity index (χ1) is 8.36. The molecular formula is C12H10ClNO4. The van der Waals surface area contributed by atoms with E-state index in [0.29, 0.717) is 16.1 Å². The molecule has 0 aliphatic carbocycles.